The minimum absolute atomic E-state index is 0.0930. The minimum Gasteiger partial charge on any atom is -0.301 e. The molecule has 0 saturated carbocycles. The first-order chi connectivity index (χ1) is 10.6. The van der Waals surface area contributed by atoms with Gasteiger partial charge in [-0.1, -0.05) is 0 Å². The molecule has 3 rings (SSSR count). The van der Waals surface area contributed by atoms with E-state index in [1.54, 1.807) is 12.4 Å². The van der Waals surface area contributed by atoms with Crippen molar-refractivity contribution in [2.75, 3.05) is 11.1 Å². The van der Waals surface area contributed by atoms with E-state index in [4.69, 9.17) is 0 Å². The molecule has 1 amide bonds. The Balaban J connectivity index is 1.55. The van der Waals surface area contributed by atoms with E-state index >= 15 is 0 Å². The Morgan fingerprint density at radius 3 is 3.14 bits per heavy atom. The second kappa shape index (κ2) is 6.59. The molecular weight excluding hydrogens is 340 g/mol. The summed E-state index contributed by atoms with van der Waals surface area (Å²) < 4.78 is 1.51. The second-order valence-electron chi connectivity index (χ2n) is 4.46. The van der Waals surface area contributed by atoms with E-state index < -0.39 is 0 Å². The molecule has 0 spiro atoms. The molecule has 0 unspecified atom stereocenters. The highest BCUT2D eigenvalue weighted by atomic mass is 32.2. The van der Waals surface area contributed by atoms with Crippen molar-refractivity contribution in [1.29, 1.82) is 0 Å². The maximum atomic E-state index is 11.8. The molecule has 0 radical (unpaired) electrons. The summed E-state index contributed by atoms with van der Waals surface area (Å²) in [6, 6.07) is 1.51. The summed E-state index contributed by atoms with van der Waals surface area (Å²) in [6.45, 7) is 1.94. The Labute approximate surface area is 138 Å². The average Bonchev–Trinajstić information content (AvgIpc) is 3.08. The zero-order valence-electron chi connectivity index (χ0n) is 11.6. The van der Waals surface area contributed by atoms with E-state index in [-0.39, 0.29) is 11.5 Å². The highest BCUT2D eigenvalue weighted by Crippen LogP contribution is 2.17. The van der Waals surface area contributed by atoms with Crippen molar-refractivity contribution in [3.8, 4) is 0 Å². The van der Waals surface area contributed by atoms with Crippen molar-refractivity contribution in [3.63, 3.8) is 0 Å². The van der Waals surface area contributed by atoms with Crippen LogP contribution in [0.15, 0.2) is 28.6 Å². The Morgan fingerprint density at radius 1 is 1.50 bits per heavy atom. The molecule has 3 aromatic heterocycles. The van der Waals surface area contributed by atoms with E-state index in [9.17, 15) is 9.59 Å². The number of nitrogens with one attached hydrogen (secondary N) is 1. The summed E-state index contributed by atoms with van der Waals surface area (Å²) >= 11 is 4.28. The maximum Gasteiger partial charge on any atom is 0.258 e. The third-order valence-corrected chi connectivity index (χ3v) is 5.26. The van der Waals surface area contributed by atoms with Crippen molar-refractivity contribution < 1.29 is 4.79 Å². The van der Waals surface area contributed by atoms with Gasteiger partial charge in [0.2, 0.25) is 5.91 Å². The largest absolute Gasteiger partial charge is 0.301 e. The molecular formula is C13H12N4O2S3. The van der Waals surface area contributed by atoms with Crippen LogP contribution in [0.1, 0.15) is 10.6 Å². The highest BCUT2D eigenvalue weighted by molar-refractivity contribution is 7.99. The average molecular weight is 352 g/mol. The van der Waals surface area contributed by atoms with Gasteiger partial charge < -0.3 is 5.32 Å². The molecule has 0 bridgehead atoms. The molecule has 0 aromatic carbocycles. The van der Waals surface area contributed by atoms with E-state index in [2.05, 4.69) is 15.3 Å². The first-order valence-corrected chi connectivity index (χ1v) is 9.23. The van der Waals surface area contributed by atoms with Crippen LogP contribution in [0.5, 0.6) is 0 Å². The molecule has 114 valence electrons. The van der Waals surface area contributed by atoms with Crippen molar-refractivity contribution >= 4 is 50.4 Å². The topological polar surface area (TPSA) is 76.4 Å². The number of hydrogen-bond acceptors (Lipinski definition) is 7. The third-order valence-electron chi connectivity index (χ3n) is 2.71. The van der Waals surface area contributed by atoms with Crippen molar-refractivity contribution in [3.05, 3.63) is 44.8 Å². The van der Waals surface area contributed by atoms with Gasteiger partial charge >= 0.3 is 0 Å². The predicted molar refractivity (Wildman–Crippen MR) is 91.0 cm³/mol. The molecule has 3 aromatic rings. The quantitative estimate of drug-likeness (QED) is 0.763. The van der Waals surface area contributed by atoms with Crippen LogP contribution in [0, 0.1) is 6.92 Å². The van der Waals surface area contributed by atoms with Crippen LogP contribution in [-0.2, 0) is 10.5 Å². The first kappa shape index (κ1) is 15.2. The molecule has 0 aliphatic rings. The van der Waals surface area contributed by atoms with Gasteiger partial charge in [0.25, 0.3) is 5.56 Å². The summed E-state index contributed by atoms with van der Waals surface area (Å²) in [7, 11) is 0. The molecule has 1 N–H and O–H groups in total. The van der Waals surface area contributed by atoms with Gasteiger partial charge in [-0.2, -0.15) is 0 Å². The zero-order chi connectivity index (χ0) is 15.5. The fraction of sp³-hybridized carbons (Fsp3) is 0.231. The fourth-order valence-electron chi connectivity index (χ4n) is 1.78. The Morgan fingerprint density at radius 2 is 2.36 bits per heavy atom. The monoisotopic (exact) mass is 352 g/mol. The van der Waals surface area contributed by atoms with Gasteiger partial charge in [0, 0.05) is 34.5 Å². The molecule has 9 heteroatoms. The number of aromatic nitrogens is 3. The molecule has 0 aliphatic heterocycles. The van der Waals surface area contributed by atoms with E-state index in [1.807, 2.05) is 12.3 Å². The fourth-order valence-corrected chi connectivity index (χ4v) is 3.91. The Kier molecular flexibility index (Phi) is 4.55. The van der Waals surface area contributed by atoms with E-state index in [1.165, 1.54) is 44.9 Å². The smallest absolute Gasteiger partial charge is 0.258 e. The summed E-state index contributed by atoms with van der Waals surface area (Å²) in [4.78, 5) is 33.8. The lowest BCUT2D eigenvalue weighted by molar-refractivity contribution is -0.113. The van der Waals surface area contributed by atoms with Crippen LogP contribution in [0.2, 0.25) is 0 Å². The third kappa shape index (κ3) is 3.54. The lowest BCUT2D eigenvalue weighted by Crippen LogP contribution is -2.15. The number of anilines is 1. The number of thiazole rings is 2. The van der Waals surface area contributed by atoms with Gasteiger partial charge in [-0.05, 0) is 6.92 Å². The van der Waals surface area contributed by atoms with Gasteiger partial charge in [-0.15, -0.1) is 34.4 Å². The van der Waals surface area contributed by atoms with Crippen molar-refractivity contribution in [2.24, 2.45) is 0 Å². The standard InChI is InChI=1S/C13H12N4O2S3/c1-8-5-14-12(22-8)16-10(18)7-20-6-9-4-11(19)17-2-3-21-13(17)15-9/h2-5H,6-7H2,1H3,(H,14,16,18). The molecule has 0 aliphatic carbocycles. The van der Waals surface area contributed by atoms with Crippen LogP contribution in [-0.4, -0.2) is 26.0 Å². The number of amides is 1. The number of carbonyl (C=O) groups excluding carboxylic acids is 1. The number of thioether (sulfide) groups is 1. The van der Waals surface area contributed by atoms with Gasteiger partial charge in [0.1, 0.15) is 0 Å². The van der Waals surface area contributed by atoms with Gasteiger partial charge in [-0.3, -0.25) is 14.0 Å². The van der Waals surface area contributed by atoms with Gasteiger partial charge in [-0.25, -0.2) is 9.97 Å². The second-order valence-corrected chi connectivity index (χ2v) is 7.55. The van der Waals surface area contributed by atoms with Crippen molar-refractivity contribution in [1.82, 2.24) is 14.4 Å². The minimum atomic E-state index is -0.103. The normalized spacial score (nSPS) is 11.0. The molecule has 6 nitrogen and oxygen atoms in total. The molecule has 0 fully saturated rings. The number of fused-ring (bicyclic) bond motifs is 1. The summed E-state index contributed by atoms with van der Waals surface area (Å²) in [5, 5.41) is 5.18. The number of carbonyl (C=O) groups is 1. The molecule has 0 saturated heterocycles. The zero-order valence-corrected chi connectivity index (χ0v) is 14.1. The summed E-state index contributed by atoms with van der Waals surface area (Å²) in [5.74, 6) is 0.714. The number of aryl methyl sites for hydroxylation is 1. The lowest BCUT2D eigenvalue weighted by atomic mass is 10.4. The molecule has 0 atom stereocenters. The van der Waals surface area contributed by atoms with E-state index in [0.717, 1.165) is 4.88 Å². The van der Waals surface area contributed by atoms with Gasteiger partial charge in [0.05, 0.1) is 11.4 Å². The molecule has 3 heterocycles. The Bertz CT molecular complexity index is 867. The van der Waals surface area contributed by atoms with Gasteiger partial charge in [0.15, 0.2) is 10.1 Å². The number of rotatable bonds is 5. The van der Waals surface area contributed by atoms with Crippen molar-refractivity contribution in [2.45, 2.75) is 12.7 Å². The van der Waals surface area contributed by atoms with E-state index in [0.29, 0.717) is 27.3 Å². The van der Waals surface area contributed by atoms with Crippen LogP contribution < -0.4 is 10.9 Å². The summed E-state index contributed by atoms with van der Waals surface area (Å²) in [6.07, 6.45) is 3.43. The van der Waals surface area contributed by atoms with Crippen LogP contribution in [0.3, 0.4) is 0 Å². The SMILES string of the molecule is Cc1cnc(NC(=O)CSCc2cc(=O)n3ccsc3n2)s1. The predicted octanol–water partition coefficient (Wildman–Crippen LogP) is 2.39. The first-order valence-electron chi connectivity index (χ1n) is 6.37. The van der Waals surface area contributed by atoms with Crippen LogP contribution >= 0.6 is 34.4 Å². The number of nitrogens with zero attached hydrogens (tertiary/aromatic N) is 3. The Hall–Kier alpha value is -1.71. The van der Waals surface area contributed by atoms with Crippen LogP contribution in [0.4, 0.5) is 5.13 Å². The highest BCUT2D eigenvalue weighted by Gasteiger charge is 2.07. The molecule has 22 heavy (non-hydrogen) atoms. The lowest BCUT2D eigenvalue weighted by Gasteiger charge is -2.02. The number of hydrogen-bond donors (Lipinski definition) is 1. The van der Waals surface area contributed by atoms with Crippen LogP contribution in [0.25, 0.3) is 4.96 Å². The maximum absolute atomic E-state index is 11.8. The summed E-state index contributed by atoms with van der Waals surface area (Å²) in [5.41, 5.74) is 0.597.